The van der Waals surface area contributed by atoms with Crippen LogP contribution in [0.15, 0.2) is 53.6 Å². The molecule has 1 aliphatic rings. The molecular weight excluding hydrogens is 433 g/mol. The Balaban J connectivity index is 1.91. The van der Waals surface area contributed by atoms with E-state index in [9.17, 15) is 14.0 Å². The van der Waals surface area contributed by atoms with Gasteiger partial charge in [-0.2, -0.15) is 5.10 Å². The number of benzene rings is 2. The van der Waals surface area contributed by atoms with Crippen LogP contribution in [0.4, 0.5) is 4.39 Å². The van der Waals surface area contributed by atoms with Gasteiger partial charge in [-0.3, -0.25) is 9.59 Å². The van der Waals surface area contributed by atoms with Gasteiger partial charge in [0.05, 0.1) is 18.4 Å². The van der Waals surface area contributed by atoms with Gasteiger partial charge in [0.2, 0.25) is 5.91 Å². The summed E-state index contributed by atoms with van der Waals surface area (Å²) in [5, 5.41) is 6.52. The minimum atomic E-state index is -0.423. The molecule has 2 aromatic rings. The molecule has 1 aliphatic heterocycles. The third kappa shape index (κ3) is 5.53. The Hall–Kier alpha value is -2.77. The summed E-state index contributed by atoms with van der Waals surface area (Å²) in [5.74, 6) is -1.08. The number of hydrogen-bond acceptors (Lipinski definition) is 4. The summed E-state index contributed by atoms with van der Waals surface area (Å²) in [7, 11) is 1.55. The van der Waals surface area contributed by atoms with Crippen molar-refractivity contribution in [1.29, 1.82) is 0 Å². The topological polar surface area (TPSA) is 62.2 Å². The molecule has 1 heterocycles. The molecule has 0 saturated carbocycles. The Morgan fingerprint density at radius 2 is 1.91 bits per heavy atom. The van der Waals surface area contributed by atoms with Crippen molar-refractivity contribution in [2.24, 2.45) is 11.0 Å². The van der Waals surface area contributed by atoms with Crippen LogP contribution in [0.3, 0.4) is 0 Å². The summed E-state index contributed by atoms with van der Waals surface area (Å²) in [6.45, 7) is 4.07. The minimum absolute atomic E-state index is 0.128. The number of ether oxygens (including phenoxy) is 1. The van der Waals surface area contributed by atoms with Gasteiger partial charge >= 0.3 is 0 Å². The van der Waals surface area contributed by atoms with Gasteiger partial charge in [-0.1, -0.05) is 55.8 Å². The number of carbonyl (C=O) groups excluding carboxylic acids is 2. The SMILES string of the molecule is COCCN(CC(=O)N1N=C(c2ccccc2Cl)C[C@@H]1c1ccc(F)cc1)C(=O)C(C)C. The van der Waals surface area contributed by atoms with E-state index in [4.69, 9.17) is 16.3 Å². The highest BCUT2D eigenvalue weighted by molar-refractivity contribution is 6.34. The fourth-order valence-electron chi connectivity index (χ4n) is 3.61. The normalized spacial score (nSPS) is 15.8. The minimum Gasteiger partial charge on any atom is -0.383 e. The highest BCUT2D eigenvalue weighted by Crippen LogP contribution is 2.34. The van der Waals surface area contributed by atoms with Crippen LogP contribution in [0.5, 0.6) is 0 Å². The van der Waals surface area contributed by atoms with Crippen LogP contribution in [-0.4, -0.2) is 54.2 Å². The molecular formula is C24H27ClFN3O3. The highest BCUT2D eigenvalue weighted by atomic mass is 35.5. The molecule has 32 heavy (non-hydrogen) atoms. The number of hydrogen-bond donors (Lipinski definition) is 0. The van der Waals surface area contributed by atoms with Gasteiger partial charge in [0.25, 0.3) is 5.91 Å². The van der Waals surface area contributed by atoms with Crippen LogP contribution >= 0.6 is 11.6 Å². The zero-order chi connectivity index (χ0) is 23.3. The lowest BCUT2D eigenvalue weighted by molar-refractivity contribution is -0.143. The molecule has 0 spiro atoms. The van der Waals surface area contributed by atoms with Gasteiger partial charge in [0, 0.05) is 36.6 Å². The first-order valence-electron chi connectivity index (χ1n) is 10.5. The molecule has 2 amide bonds. The van der Waals surface area contributed by atoms with Crippen molar-refractivity contribution < 1.29 is 18.7 Å². The van der Waals surface area contributed by atoms with Crippen LogP contribution in [0, 0.1) is 11.7 Å². The van der Waals surface area contributed by atoms with E-state index >= 15 is 0 Å². The number of methoxy groups -OCH3 is 1. The van der Waals surface area contributed by atoms with E-state index in [1.54, 1.807) is 39.2 Å². The van der Waals surface area contributed by atoms with E-state index in [0.717, 1.165) is 11.1 Å². The Labute approximate surface area is 192 Å². The van der Waals surface area contributed by atoms with Crippen molar-refractivity contribution in [2.75, 3.05) is 26.8 Å². The van der Waals surface area contributed by atoms with Crippen molar-refractivity contribution in [3.8, 4) is 0 Å². The molecule has 0 bridgehead atoms. The van der Waals surface area contributed by atoms with Gasteiger partial charge in [-0.15, -0.1) is 0 Å². The predicted octanol–water partition coefficient (Wildman–Crippen LogP) is 4.29. The second kappa shape index (κ2) is 10.7. The maximum Gasteiger partial charge on any atom is 0.262 e. The standard InChI is InChI=1S/C24H27ClFN3O3/c1-16(2)24(31)28(12-13-32-3)15-23(30)29-22(17-8-10-18(26)11-9-17)14-21(27-29)19-6-4-5-7-20(19)25/h4-11,16,22H,12-15H2,1-3H3/t22-/m1/s1. The van der Waals surface area contributed by atoms with Gasteiger partial charge in [0.15, 0.2) is 0 Å². The molecule has 3 rings (SSSR count). The van der Waals surface area contributed by atoms with Gasteiger partial charge in [-0.25, -0.2) is 9.40 Å². The molecule has 0 radical (unpaired) electrons. The van der Waals surface area contributed by atoms with Crippen molar-refractivity contribution in [3.63, 3.8) is 0 Å². The van der Waals surface area contributed by atoms with Crippen molar-refractivity contribution in [1.82, 2.24) is 9.91 Å². The Morgan fingerprint density at radius 3 is 2.53 bits per heavy atom. The summed E-state index contributed by atoms with van der Waals surface area (Å²) in [6, 6.07) is 12.9. The molecule has 0 saturated heterocycles. The average Bonchev–Trinajstić information content (AvgIpc) is 3.22. The van der Waals surface area contributed by atoms with E-state index in [1.165, 1.54) is 22.0 Å². The number of nitrogens with zero attached hydrogens (tertiary/aromatic N) is 3. The van der Waals surface area contributed by atoms with E-state index in [1.807, 2.05) is 18.2 Å². The first kappa shape index (κ1) is 23.9. The molecule has 0 N–H and O–H groups in total. The van der Waals surface area contributed by atoms with Crippen LogP contribution in [0.25, 0.3) is 0 Å². The second-order valence-electron chi connectivity index (χ2n) is 7.94. The Morgan fingerprint density at radius 1 is 1.22 bits per heavy atom. The number of hydrazone groups is 1. The van der Waals surface area contributed by atoms with Crippen LogP contribution < -0.4 is 0 Å². The monoisotopic (exact) mass is 459 g/mol. The maximum absolute atomic E-state index is 13.5. The van der Waals surface area contributed by atoms with E-state index in [0.29, 0.717) is 30.3 Å². The van der Waals surface area contributed by atoms with E-state index in [2.05, 4.69) is 5.10 Å². The number of carbonyl (C=O) groups is 2. The van der Waals surface area contributed by atoms with Gasteiger partial charge < -0.3 is 9.64 Å². The van der Waals surface area contributed by atoms with Crippen LogP contribution in [0.2, 0.25) is 5.02 Å². The fraction of sp³-hybridized carbons (Fsp3) is 0.375. The molecule has 0 unspecified atom stereocenters. The van der Waals surface area contributed by atoms with Crippen molar-refractivity contribution >= 4 is 29.1 Å². The molecule has 6 nitrogen and oxygen atoms in total. The third-order valence-electron chi connectivity index (χ3n) is 5.30. The van der Waals surface area contributed by atoms with Crippen molar-refractivity contribution in [2.45, 2.75) is 26.3 Å². The van der Waals surface area contributed by atoms with Gasteiger partial charge in [-0.05, 0) is 23.8 Å². The average molecular weight is 460 g/mol. The molecule has 1 atom stereocenters. The quantitative estimate of drug-likeness (QED) is 0.591. The first-order chi connectivity index (χ1) is 15.3. The number of halogens is 2. The molecule has 170 valence electrons. The third-order valence-corrected chi connectivity index (χ3v) is 5.63. The largest absolute Gasteiger partial charge is 0.383 e. The molecule has 0 aromatic heterocycles. The lowest BCUT2D eigenvalue weighted by Gasteiger charge is -2.28. The first-order valence-corrected chi connectivity index (χ1v) is 10.9. The second-order valence-corrected chi connectivity index (χ2v) is 8.35. The summed E-state index contributed by atoms with van der Waals surface area (Å²) in [6.07, 6.45) is 0.428. The molecule has 2 aromatic carbocycles. The van der Waals surface area contributed by atoms with E-state index in [-0.39, 0.29) is 30.1 Å². The molecule has 0 fully saturated rings. The Kier molecular flexibility index (Phi) is 7.99. The summed E-state index contributed by atoms with van der Waals surface area (Å²) < 4.78 is 18.6. The Bertz CT molecular complexity index is 994. The molecule has 8 heteroatoms. The zero-order valence-electron chi connectivity index (χ0n) is 18.4. The summed E-state index contributed by atoms with van der Waals surface area (Å²) in [5.41, 5.74) is 2.16. The highest BCUT2D eigenvalue weighted by Gasteiger charge is 2.35. The van der Waals surface area contributed by atoms with Gasteiger partial charge in [0.1, 0.15) is 12.4 Å². The lowest BCUT2D eigenvalue weighted by atomic mass is 9.98. The lowest BCUT2D eigenvalue weighted by Crippen LogP contribution is -2.44. The van der Waals surface area contributed by atoms with Crippen LogP contribution in [0.1, 0.15) is 37.4 Å². The fourth-order valence-corrected chi connectivity index (χ4v) is 3.86. The van der Waals surface area contributed by atoms with Crippen molar-refractivity contribution in [3.05, 3.63) is 70.5 Å². The summed E-state index contributed by atoms with van der Waals surface area (Å²) in [4.78, 5) is 27.4. The maximum atomic E-state index is 13.5. The smallest absolute Gasteiger partial charge is 0.262 e. The zero-order valence-corrected chi connectivity index (χ0v) is 19.2. The van der Waals surface area contributed by atoms with E-state index < -0.39 is 6.04 Å². The molecule has 0 aliphatic carbocycles. The van der Waals surface area contributed by atoms with Crippen LogP contribution in [-0.2, 0) is 14.3 Å². The summed E-state index contributed by atoms with van der Waals surface area (Å²) >= 11 is 6.36. The predicted molar refractivity (Wildman–Crippen MR) is 122 cm³/mol. The number of rotatable bonds is 8. The number of amides is 2.